The highest BCUT2D eigenvalue weighted by atomic mass is 16.3. The Balaban J connectivity index is 1.98. The topological polar surface area (TPSA) is 75.3 Å². The van der Waals surface area contributed by atoms with Crippen LogP contribution in [0, 0.1) is 5.92 Å². The van der Waals surface area contributed by atoms with Crippen LogP contribution >= 0.6 is 0 Å². The summed E-state index contributed by atoms with van der Waals surface area (Å²) in [5.74, 6) is 1.30. The molecule has 0 atom stereocenters. The van der Waals surface area contributed by atoms with E-state index in [0.717, 1.165) is 42.5 Å². The fourth-order valence-corrected chi connectivity index (χ4v) is 4.24. The van der Waals surface area contributed by atoms with Gasteiger partial charge in [0.2, 0.25) is 5.71 Å². The maximum Gasteiger partial charge on any atom is 0.229 e. The fraction of sp³-hybridized carbons (Fsp3) is 0.571. The van der Waals surface area contributed by atoms with Gasteiger partial charge < -0.3 is 14.4 Å². The van der Waals surface area contributed by atoms with Gasteiger partial charge in [-0.25, -0.2) is 15.0 Å². The molecule has 0 spiro atoms. The summed E-state index contributed by atoms with van der Waals surface area (Å²) in [6.07, 6.45) is 7.15. The number of aromatic nitrogens is 3. The van der Waals surface area contributed by atoms with Crippen molar-refractivity contribution in [2.75, 3.05) is 24.6 Å². The van der Waals surface area contributed by atoms with Crippen molar-refractivity contribution in [3.63, 3.8) is 0 Å². The number of hydrogen-bond acceptors (Lipinski definition) is 6. The van der Waals surface area contributed by atoms with Crippen molar-refractivity contribution in [2.24, 2.45) is 5.92 Å². The average molecular weight is 368 g/mol. The van der Waals surface area contributed by atoms with E-state index < -0.39 is 0 Å². The second-order valence-corrected chi connectivity index (χ2v) is 7.78. The first-order valence-electron chi connectivity index (χ1n) is 10.1. The van der Waals surface area contributed by atoms with E-state index >= 15 is 0 Å². The molecule has 0 bridgehead atoms. The Morgan fingerprint density at radius 2 is 1.96 bits per heavy atom. The van der Waals surface area contributed by atoms with Gasteiger partial charge in [-0.05, 0) is 56.1 Å². The van der Waals surface area contributed by atoms with Crippen molar-refractivity contribution in [3.8, 4) is 0 Å². The van der Waals surface area contributed by atoms with Crippen LogP contribution in [0.1, 0.15) is 50.4 Å². The molecule has 0 unspecified atom stereocenters. The molecule has 0 radical (unpaired) electrons. The quantitative estimate of drug-likeness (QED) is 0.715. The molecule has 0 saturated heterocycles. The van der Waals surface area contributed by atoms with E-state index in [1.54, 1.807) is 6.33 Å². The third-order valence-electron chi connectivity index (χ3n) is 5.44. The Hall–Kier alpha value is -2.21. The molecule has 3 aromatic rings. The SMILES string of the molecule is CCN(CCO)c1ncnc2c1oc1nc(CC(C)C)c3c(c12)CCCC3. The molecular weight excluding hydrogens is 340 g/mol. The van der Waals surface area contributed by atoms with Crippen molar-refractivity contribution in [1.29, 1.82) is 0 Å². The number of pyridine rings is 1. The summed E-state index contributed by atoms with van der Waals surface area (Å²) in [4.78, 5) is 16.0. The lowest BCUT2D eigenvalue weighted by atomic mass is 9.87. The lowest BCUT2D eigenvalue weighted by Crippen LogP contribution is -2.27. The van der Waals surface area contributed by atoms with E-state index in [-0.39, 0.29) is 6.61 Å². The normalized spacial score (nSPS) is 14.3. The maximum absolute atomic E-state index is 9.39. The van der Waals surface area contributed by atoms with Gasteiger partial charge in [0, 0.05) is 18.8 Å². The molecule has 4 rings (SSSR count). The summed E-state index contributed by atoms with van der Waals surface area (Å²) in [6.45, 7) is 7.85. The Labute approximate surface area is 159 Å². The number of anilines is 1. The van der Waals surface area contributed by atoms with Crippen LogP contribution in [0.15, 0.2) is 10.7 Å². The van der Waals surface area contributed by atoms with E-state index in [0.29, 0.717) is 23.8 Å². The first-order chi connectivity index (χ1) is 13.1. The molecule has 6 nitrogen and oxygen atoms in total. The molecule has 3 heterocycles. The summed E-state index contributed by atoms with van der Waals surface area (Å²) in [5.41, 5.74) is 6.19. The first kappa shape index (κ1) is 18.2. The molecule has 0 saturated carbocycles. The molecule has 0 aromatic carbocycles. The van der Waals surface area contributed by atoms with Crippen LogP contribution in [0.25, 0.3) is 22.2 Å². The molecule has 1 aliphatic carbocycles. The number of aryl methyl sites for hydroxylation is 1. The highest BCUT2D eigenvalue weighted by Gasteiger charge is 2.25. The number of hydrogen-bond donors (Lipinski definition) is 1. The van der Waals surface area contributed by atoms with Crippen LogP contribution in [0.5, 0.6) is 0 Å². The molecular formula is C21H28N4O2. The summed E-state index contributed by atoms with van der Waals surface area (Å²) >= 11 is 0. The van der Waals surface area contributed by atoms with Crippen molar-refractivity contribution in [2.45, 2.75) is 52.9 Å². The fourth-order valence-electron chi connectivity index (χ4n) is 4.24. The zero-order valence-electron chi connectivity index (χ0n) is 16.5. The number of furan rings is 1. The second-order valence-electron chi connectivity index (χ2n) is 7.78. The monoisotopic (exact) mass is 368 g/mol. The standard InChI is InChI=1S/C21H28N4O2/c1-4-25(9-10-26)20-19-18(22-12-23-20)17-15-8-6-5-7-14(15)16(11-13(2)3)24-21(17)27-19/h12-13,26H,4-11H2,1-3H3. The van der Waals surface area contributed by atoms with Gasteiger partial charge in [0.15, 0.2) is 11.4 Å². The van der Waals surface area contributed by atoms with Crippen molar-refractivity contribution >= 4 is 28.0 Å². The third kappa shape index (κ3) is 3.16. The third-order valence-corrected chi connectivity index (χ3v) is 5.44. The van der Waals surface area contributed by atoms with E-state index in [1.165, 1.54) is 29.7 Å². The van der Waals surface area contributed by atoms with E-state index in [9.17, 15) is 5.11 Å². The predicted octanol–water partition coefficient (Wildman–Crippen LogP) is 3.67. The lowest BCUT2D eigenvalue weighted by Gasteiger charge is -2.20. The minimum absolute atomic E-state index is 0.0751. The van der Waals surface area contributed by atoms with Crippen molar-refractivity contribution in [3.05, 3.63) is 23.1 Å². The van der Waals surface area contributed by atoms with E-state index in [1.807, 2.05) is 11.8 Å². The van der Waals surface area contributed by atoms with Crippen molar-refractivity contribution in [1.82, 2.24) is 15.0 Å². The molecule has 1 aliphatic rings. The summed E-state index contributed by atoms with van der Waals surface area (Å²) in [5, 5.41) is 10.5. The van der Waals surface area contributed by atoms with Gasteiger partial charge in [-0.3, -0.25) is 0 Å². The molecule has 144 valence electrons. The van der Waals surface area contributed by atoms with Gasteiger partial charge in [-0.2, -0.15) is 0 Å². The number of fused-ring (bicyclic) bond motifs is 5. The number of likely N-dealkylation sites (N-methyl/N-ethyl adjacent to an activating group) is 1. The zero-order valence-corrected chi connectivity index (χ0v) is 16.5. The smallest absolute Gasteiger partial charge is 0.229 e. The highest BCUT2D eigenvalue weighted by molar-refractivity contribution is 6.06. The van der Waals surface area contributed by atoms with Crippen LogP contribution in [-0.4, -0.2) is 39.8 Å². The molecule has 0 fully saturated rings. The predicted molar refractivity (Wildman–Crippen MR) is 107 cm³/mol. The van der Waals surface area contributed by atoms with Gasteiger partial charge in [0.05, 0.1) is 12.0 Å². The van der Waals surface area contributed by atoms with E-state index in [4.69, 9.17) is 9.40 Å². The van der Waals surface area contributed by atoms with Crippen LogP contribution in [0.4, 0.5) is 5.82 Å². The Morgan fingerprint density at radius 1 is 1.19 bits per heavy atom. The Bertz CT molecular complexity index is 964. The number of aliphatic hydroxyl groups is 1. The van der Waals surface area contributed by atoms with Gasteiger partial charge in [0.1, 0.15) is 11.8 Å². The van der Waals surface area contributed by atoms with Crippen LogP contribution < -0.4 is 4.90 Å². The molecule has 1 N–H and O–H groups in total. The molecule has 6 heteroatoms. The van der Waals surface area contributed by atoms with Gasteiger partial charge in [0.25, 0.3) is 0 Å². The summed E-state index contributed by atoms with van der Waals surface area (Å²) < 4.78 is 6.24. The molecule has 3 aromatic heterocycles. The van der Waals surface area contributed by atoms with Crippen LogP contribution in [0.2, 0.25) is 0 Å². The molecule has 0 aliphatic heterocycles. The average Bonchev–Trinajstić information content (AvgIpc) is 3.04. The summed E-state index contributed by atoms with van der Waals surface area (Å²) in [7, 11) is 0. The minimum Gasteiger partial charge on any atom is -0.432 e. The number of aliphatic hydroxyl groups excluding tert-OH is 1. The van der Waals surface area contributed by atoms with E-state index in [2.05, 4.69) is 23.8 Å². The minimum atomic E-state index is 0.0751. The van der Waals surface area contributed by atoms with Gasteiger partial charge in [-0.15, -0.1) is 0 Å². The van der Waals surface area contributed by atoms with Gasteiger partial charge in [-0.1, -0.05) is 13.8 Å². The maximum atomic E-state index is 9.39. The Kier molecular flexibility index (Phi) is 5.00. The van der Waals surface area contributed by atoms with Crippen LogP contribution in [-0.2, 0) is 19.3 Å². The number of rotatable bonds is 6. The summed E-state index contributed by atoms with van der Waals surface area (Å²) in [6, 6.07) is 0. The lowest BCUT2D eigenvalue weighted by molar-refractivity contribution is 0.302. The van der Waals surface area contributed by atoms with Gasteiger partial charge >= 0.3 is 0 Å². The molecule has 27 heavy (non-hydrogen) atoms. The van der Waals surface area contributed by atoms with Crippen molar-refractivity contribution < 1.29 is 9.52 Å². The molecule has 0 amide bonds. The Morgan fingerprint density at radius 3 is 2.67 bits per heavy atom. The van der Waals surface area contributed by atoms with Crippen LogP contribution in [0.3, 0.4) is 0 Å². The first-order valence-corrected chi connectivity index (χ1v) is 10.1. The number of nitrogens with zero attached hydrogens (tertiary/aromatic N) is 4. The second kappa shape index (κ2) is 7.43. The largest absolute Gasteiger partial charge is 0.432 e. The highest BCUT2D eigenvalue weighted by Crippen LogP contribution is 2.38. The zero-order chi connectivity index (χ0) is 19.0.